The molecule has 1 aromatic carbocycles. The van der Waals surface area contributed by atoms with Gasteiger partial charge in [0.15, 0.2) is 0 Å². The van der Waals surface area contributed by atoms with E-state index < -0.39 is 17.8 Å². The van der Waals surface area contributed by atoms with Crippen LogP contribution in [0, 0.1) is 34.5 Å². The highest BCUT2D eigenvalue weighted by atomic mass is 16.2. The second-order valence-electron chi connectivity index (χ2n) is 6.14. The Kier molecular flexibility index (Phi) is 5.05. The summed E-state index contributed by atoms with van der Waals surface area (Å²) in [4.78, 5) is 17.0. The molecule has 26 heavy (non-hydrogen) atoms. The number of hydrogen-bond donors (Lipinski definition) is 0. The van der Waals surface area contributed by atoms with Crippen molar-refractivity contribution in [1.29, 1.82) is 10.5 Å². The van der Waals surface area contributed by atoms with Crippen molar-refractivity contribution in [3.63, 3.8) is 0 Å². The van der Waals surface area contributed by atoms with Gasteiger partial charge in [-0.05, 0) is 30.2 Å². The number of nitriles is 2. The van der Waals surface area contributed by atoms with E-state index in [1.165, 1.54) is 5.01 Å². The maximum atomic E-state index is 13.0. The highest BCUT2D eigenvalue weighted by Crippen LogP contribution is 2.37. The summed E-state index contributed by atoms with van der Waals surface area (Å²) < 4.78 is 0. The molecule has 0 bridgehead atoms. The number of carbonyl (C=O) groups is 1. The second kappa shape index (κ2) is 7.58. The zero-order valence-corrected chi connectivity index (χ0v) is 14.3. The van der Waals surface area contributed by atoms with Crippen LogP contribution < -0.4 is 0 Å². The Balaban J connectivity index is 1.93. The molecular formula is C20H17N5O. The van der Waals surface area contributed by atoms with Crippen LogP contribution in [0.4, 0.5) is 0 Å². The lowest BCUT2D eigenvalue weighted by molar-refractivity contribution is -0.133. The number of rotatable bonds is 5. The van der Waals surface area contributed by atoms with Gasteiger partial charge in [0, 0.05) is 24.0 Å². The van der Waals surface area contributed by atoms with Crippen molar-refractivity contribution in [3.05, 3.63) is 66.0 Å². The number of carbonyl (C=O) groups excluding carboxylic acids is 1. The van der Waals surface area contributed by atoms with E-state index in [0.29, 0.717) is 12.3 Å². The quantitative estimate of drug-likeness (QED) is 0.834. The van der Waals surface area contributed by atoms with E-state index in [2.05, 4.69) is 10.1 Å². The summed E-state index contributed by atoms with van der Waals surface area (Å²) in [5.41, 5.74) is 2.32. The molecule has 0 aliphatic carbocycles. The third-order valence-electron chi connectivity index (χ3n) is 4.51. The molecule has 1 aliphatic heterocycles. The first-order valence-corrected chi connectivity index (χ1v) is 8.25. The zero-order chi connectivity index (χ0) is 18.5. The largest absolute Gasteiger partial charge is 0.272 e. The van der Waals surface area contributed by atoms with Gasteiger partial charge in [0.05, 0.1) is 24.6 Å². The summed E-state index contributed by atoms with van der Waals surface area (Å²) in [6.45, 7) is 2.13. The number of amides is 1. The predicted molar refractivity (Wildman–Crippen MR) is 95.3 cm³/mol. The highest BCUT2D eigenvalue weighted by molar-refractivity contribution is 6.07. The van der Waals surface area contributed by atoms with Crippen LogP contribution in [0.3, 0.4) is 0 Å². The van der Waals surface area contributed by atoms with Crippen molar-refractivity contribution in [1.82, 2.24) is 9.99 Å². The van der Waals surface area contributed by atoms with Crippen molar-refractivity contribution < 1.29 is 4.79 Å². The predicted octanol–water partition coefficient (Wildman–Crippen LogP) is 2.86. The Bertz CT molecular complexity index is 881. The van der Waals surface area contributed by atoms with Crippen molar-refractivity contribution >= 4 is 11.6 Å². The van der Waals surface area contributed by atoms with E-state index in [9.17, 15) is 15.3 Å². The molecule has 128 valence electrons. The fraction of sp³-hybridized carbons (Fsp3) is 0.250. The van der Waals surface area contributed by atoms with E-state index in [-0.39, 0.29) is 5.91 Å². The van der Waals surface area contributed by atoms with Crippen LogP contribution in [0.25, 0.3) is 0 Å². The second-order valence-corrected chi connectivity index (χ2v) is 6.14. The van der Waals surface area contributed by atoms with Crippen molar-refractivity contribution in [3.8, 4) is 12.1 Å². The first kappa shape index (κ1) is 17.3. The lowest BCUT2D eigenvalue weighted by atomic mass is 9.76. The van der Waals surface area contributed by atoms with Crippen LogP contribution in [0.1, 0.15) is 24.0 Å². The molecule has 6 heteroatoms. The van der Waals surface area contributed by atoms with E-state index >= 15 is 0 Å². The van der Waals surface area contributed by atoms with Crippen LogP contribution in [0.5, 0.6) is 0 Å². The van der Waals surface area contributed by atoms with Gasteiger partial charge in [-0.25, -0.2) is 5.01 Å². The Morgan fingerprint density at radius 2 is 1.77 bits per heavy atom. The molecule has 1 aliphatic rings. The molecule has 3 rings (SSSR count). The van der Waals surface area contributed by atoms with Gasteiger partial charge in [0.1, 0.15) is 5.92 Å². The third kappa shape index (κ3) is 3.31. The van der Waals surface area contributed by atoms with E-state index in [0.717, 1.165) is 11.1 Å². The molecule has 0 saturated heterocycles. The molecule has 0 N–H and O–H groups in total. The lowest BCUT2D eigenvalue weighted by Gasteiger charge is -2.24. The third-order valence-corrected chi connectivity index (χ3v) is 4.51. The fourth-order valence-electron chi connectivity index (χ4n) is 3.28. The van der Waals surface area contributed by atoms with Crippen LogP contribution in [0.15, 0.2) is 60.0 Å². The molecule has 0 radical (unpaired) electrons. The SMILES string of the molecule is CC1=NN(Cc2ccccc2)C(=O)[C@H]1[C@@H](c1ccncc1)C(C#N)C#N. The van der Waals surface area contributed by atoms with Gasteiger partial charge in [-0.1, -0.05) is 30.3 Å². The lowest BCUT2D eigenvalue weighted by Crippen LogP contribution is -2.34. The number of aromatic nitrogens is 1. The molecule has 1 amide bonds. The Morgan fingerprint density at radius 3 is 2.38 bits per heavy atom. The van der Waals surface area contributed by atoms with Gasteiger partial charge < -0.3 is 0 Å². The molecule has 0 unspecified atom stereocenters. The van der Waals surface area contributed by atoms with E-state index in [4.69, 9.17) is 0 Å². The van der Waals surface area contributed by atoms with Gasteiger partial charge in [0.2, 0.25) is 0 Å². The summed E-state index contributed by atoms with van der Waals surface area (Å²) in [5, 5.41) is 24.7. The molecule has 0 spiro atoms. The van der Waals surface area contributed by atoms with Gasteiger partial charge >= 0.3 is 0 Å². The summed E-state index contributed by atoms with van der Waals surface area (Å²) in [5.74, 6) is -2.35. The minimum atomic E-state index is -0.951. The number of hydrogen-bond acceptors (Lipinski definition) is 5. The van der Waals surface area contributed by atoms with Crippen molar-refractivity contribution in [2.24, 2.45) is 16.9 Å². The normalized spacial score (nSPS) is 17.5. The van der Waals surface area contributed by atoms with E-state index in [1.54, 1.807) is 31.5 Å². The van der Waals surface area contributed by atoms with Gasteiger partial charge in [-0.2, -0.15) is 15.6 Å². The number of benzene rings is 1. The Labute approximate surface area is 152 Å². The summed E-state index contributed by atoms with van der Waals surface area (Å²) in [6, 6.07) is 17.1. The minimum absolute atomic E-state index is 0.191. The van der Waals surface area contributed by atoms with Crippen molar-refractivity contribution in [2.45, 2.75) is 19.4 Å². The topological polar surface area (TPSA) is 93.1 Å². The molecule has 2 atom stereocenters. The Morgan fingerprint density at radius 1 is 1.12 bits per heavy atom. The average Bonchev–Trinajstić information content (AvgIpc) is 2.94. The molecular weight excluding hydrogens is 326 g/mol. The molecule has 6 nitrogen and oxygen atoms in total. The molecule has 0 saturated carbocycles. The summed E-state index contributed by atoms with van der Waals surface area (Å²) in [7, 11) is 0. The van der Waals surface area contributed by atoms with E-state index in [1.807, 2.05) is 42.5 Å². The van der Waals surface area contributed by atoms with Crippen LogP contribution in [-0.2, 0) is 11.3 Å². The average molecular weight is 343 g/mol. The molecule has 2 heterocycles. The first-order valence-electron chi connectivity index (χ1n) is 8.25. The monoisotopic (exact) mass is 343 g/mol. The van der Waals surface area contributed by atoms with Gasteiger partial charge in [-0.15, -0.1) is 0 Å². The van der Waals surface area contributed by atoms with Crippen LogP contribution in [0.2, 0.25) is 0 Å². The van der Waals surface area contributed by atoms with Crippen LogP contribution in [-0.4, -0.2) is 21.6 Å². The molecule has 1 aromatic heterocycles. The van der Waals surface area contributed by atoms with Crippen LogP contribution >= 0.6 is 0 Å². The molecule has 2 aromatic rings. The van der Waals surface area contributed by atoms with Gasteiger partial charge in [-0.3, -0.25) is 9.78 Å². The Hall–Kier alpha value is -3.51. The number of hydrazone groups is 1. The van der Waals surface area contributed by atoms with Crippen molar-refractivity contribution in [2.75, 3.05) is 0 Å². The maximum Gasteiger partial charge on any atom is 0.252 e. The maximum absolute atomic E-state index is 13.0. The smallest absolute Gasteiger partial charge is 0.252 e. The summed E-state index contributed by atoms with van der Waals surface area (Å²) >= 11 is 0. The number of nitrogens with zero attached hydrogens (tertiary/aromatic N) is 5. The molecule has 0 fully saturated rings. The zero-order valence-electron chi connectivity index (χ0n) is 14.3. The number of pyridine rings is 1. The fourth-order valence-corrected chi connectivity index (χ4v) is 3.28. The highest BCUT2D eigenvalue weighted by Gasteiger charge is 2.43. The summed E-state index contributed by atoms with van der Waals surface area (Å²) in [6.07, 6.45) is 3.20. The first-order chi connectivity index (χ1) is 12.7. The minimum Gasteiger partial charge on any atom is -0.272 e. The van der Waals surface area contributed by atoms with Gasteiger partial charge in [0.25, 0.3) is 5.91 Å². The standard InChI is InChI=1S/C20H17N5O/c1-14-18(19(17(11-21)12-22)16-7-9-23-10-8-16)20(26)25(24-14)13-15-5-3-2-4-6-15/h2-10,17-19H,13H2,1H3/t18-,19+/m1/s1.